The molecule has 1 nitrogen and oxygen atoms in total. The first kappa shape index (κ1) is 15.0. The summed E-state index contributed by atoms with van der Waals surface area (Å²) in [5.41, 5.74) is 2.47. The second kappa shape index (κ2) is 6.38. The van der Waals surface area contributed by atoms with Gasteiger partial charge in [0.2, 0.25) is 0 Å². The van der Waals surface area contributed by atoms with Crippen LogP contribution in [0.5, 0.6) is 0 Å². The first-order chi connectivity index (χ1) is 9.45. The van der Waals surface area contributed by atoms with E-state index in [1.165, 1.54) is 18.2 Å². The van der Waals surface area contributed by atoms with E-state index in [0.29, 0.717) is 10.6 Å². The van der Waals surface area contributed by atoms with Crippen molar-refractivity contribution < 1.29 is 9.18 Å². The molecule has 0 bridgehead atoms. The first-order valence-electron chi connectivity index (χ1n) is 6.16. The van der Waals surface area contributed by atoms with Crippen LogP contribution in [0, 0.1) is 12.7 Å². The van der Waals surface area contributed by atoms with E-state index >= 15 is 0 Å². The highest BCUT2D eigenvalue weighted by molar-refractivity contribution is 6.32. The molecule has 0 saturated carbocycles. The molecule has 0 amide bonds. The zero-order chi connectivity index (χ0) is 14.7. The minimum absolute atomic E-state index is 0.00994. The highest BCUT2D eigenvalue weighted by Gasteiger charge is 2.11. The third kappa shape index (κ3) is 3.81. The van der Waals surface area contributed by atoms with Gasteiger partial charge in [-0.25, -0.2) is 4.39 Å². The van der Waals surface area contributed by atoms with Crippen LogP contribution < -0.4 is 0 Å². The van der Waals surface area contributed by atoms with Crippen molar-refractivity contribution in [3.63, 3.8) is 0 Å². The minimum Gasteiger partial charge on any atom is -0.299 e. The fraction of sp³-hybridized carbons (Fsp3) is 0.188. The summed E-state index contributed by atoms with van der Waals surface area (Å²) in [6.07, 6.45) is 0.413. The Hall–Kier alpha value is -1.38. The monoisotopic (exact) mass is 310 g/mol. The molecule has 2 rings (SSSR count). The third-order valence-electron chi connectivity index (χ3n) is 3.00. The van der Waals surface area contributed by atoms with Crippen LogP contribution >= 0.6 is 23.2 Å². The van der Waals surface area contributed by atoms with Gasteiger partial charge in [-0.05, 0) is 41.8 Å². The second-order valence-corrected chi connectivity index (χ2v) is 5.54. The van der Waals surface area contributed by atoms with Gasteiger partial charge in [0.1, 0.15) is 11.6 Å². The smallest absolute Gasteiger partial charge is 0.141 e. The third-order valence-corrected chi connectivity index (χ3v) is 3.70. The topological polar surface area (TPSA) is 17.1 Å². The number of halogens is 3. The van der Waals surface area contributed by atoms with Gasteiger partial charge in [0, 0.05) is 22.9 Å². The zero-order valence-electron chi connectivity index (χ0n) is 10.9. The predicted octanol–water partition coefficient (Wildman–Crippen LogP) is 4.80. The molecule has 0 aromatic heterocycles. The number of aryl methyl sites for hydroxylation is 1. The fourth-order valence-corrected chi connectivity index (χ4v) is 2.48. The van der Waals surface area contributed by atoms with E-state index < -0.39 is 5.82 Å². The molecule has 0 fully saturated rings. The Morgan fingerprint density at radius 1 is 1.00 bits per heavy atom. The molecule has 0 N–H and O–H groups in total. The number of hydrogen-bond donors (Lipinski definition) is 0. The molecule has 2 aromatic rings. The lowest BCUT2D eigenvalue weighted by molar-refractivity contribution is -0.117. The first-order valence-corrected chi connectivity index (χ1v) is 6.92. The summed E-state index contributed by atoms with van der Waals surface area (Å²) in [7, 11) is 0. The minimum atomic E-state index is -0.409. The van der Waals surface area contributed by atoms with Crippen molar-refractivity contribution in [2.45, 2.75) is 19.8 Å². The number of benzene rings is 2. The maximum atomic E-state index is 12.9. The van der Waals surface area contributed by atoms with E-state index in [2.05, 4.69) is 0 Å². The van der Waals surface area contributed by atoms with E-state index in [1.54, 1.807) is 0 Å². The Kier molecular flexibility index (Phi) is 4.79. The molecule has 0 heterocycles. The molecule has 0 radical (unpaired) electrons. The normalized spacial score (nSPS) is 10.6. The predicted molar refractivity (Wildman–Crippen MR) is 80.0 cm³/mol. The molecular weight excluding hydrogens is 298 g/mol. The van der Waals surface area contributed by atoms with Crippen LogP contribution in [0.2, 0.25) is 10.0 Å². The number of Topliss-reactive ketones (excluding diaryl/α,β-unsaturated/α-hetero) is 1. The Morgan fingerprint density at radius 3 is 2.10 bits per heavy atom. The summed E-state index contributed by atoms with van der Waals surface area (Å²) in [6, 6.07) is 9.64. The quantitative estimate of drug-likeness (QED) is 0.793. The van der Waals surface area contributed by atoms with Crippen molar-refractivity contribution in [1.82, 2.24) is 0 Å². The van der Waals surface area contributed by atoms with Gasteiger partial charge in [-0.2, -0.15) is 0 Å². The molecule has 0 aliphatic rings. The van der Waals surface area contributed by atoms with E-state index in [1.807, 2.05) is 25.1 Å². The summed E-state index contributed by atoms with van der Waals surface area (Å²) < 4.78 is 12.9. The van der Waals surface area contributed by atoms with E-state index in [9.17, 15) is 9.18 Å². The summed E-state index contributed by atoms with van der Waals surface area (Å²) in [6.45, 7) is 1.94. The van der Waals surface area contributed by atoms with Gasteiger partial charge in [0.15, 0.2) is 0 Å². The Balaban J connectivity index is 2.09. The Morgan fingerprint density at radius 2 is 1.55 bits per heavy atom. The van der Waals surface area contributed by atoms with Crippen molar-refractivity contribution in [1.29, 1.82) is 0 Å². The van der Waals surface area contributed by atoms with Gasteiger partial charge in [0.25, 0.3) is 0 Å². The molecule has 0 unspecified atom stereocenters. The molecule has 0 aliphatic heterocycles. The van der Waals surface area contributed by atoms with Crippen LogP contribution in [0.15, 0.2) is 36.4 Å². The maximum Gasteiger partial charge on any atom is 0.141 e. The van der Waals surface area contributed by atoms with Crippen molar-refractivity contribution in [2.75, 3.05) is 0 Å². The highest BCUT2D eigenvalue weighted by Crippen LogP contribution is 2.21. The number of hydrogen-bond acceptors (Lipinski definition) is 1. The van der Waals surface area contributed by atoms with Crippen LogP contribution in [0.4, 0.5) is 4.39 Å². The lowest BCUT2D eigenvalue weighted by atomic mass is 10.0. The standard InChI is InChI=1S/C16H13Cl2FO/c1-10-2-3-11(15(17)6-10)7-14(20)8-12-4-5-13(19)9-16(12)18/h2-6,9H,7-8H2,1H3. The average molecular weight is 311 g/mol. The van der Waals surface area contributed by atoms with Crippen molar-refractivity contribution in [3.05, 3.63) is 69.0 Å². The van der Waals surface area contributed by atoms with Crippen molar-refractivity contribution in [3.8, 4) is 0 Å². The van der Waals surface area contributed by atoms with Crippen LogP contribution in [-0.2, 0) is 17.6 Å². The van der Waals surface area contributed by atoms with Crippen LogP contribution in [0.3, 0.4) is 0 Å². The maximum absolute atomic E-state index is 12.9. The van der Waals surface area contributed by atoms with E-state index in [4.69, 9.17) is 23.2 Å². The second-order valence-electron chi connectivity index (χ2n) is 4.72. The number of carbonyl (C=O) groups excluding carboxylic acids is 1. The van der Waals surface area contributed by atoms with Gasteiger partial charge in [-0.3, -0.25) is 4.79 Å². The van der Waals surface area contributed by atoms with Gasteiger partial charge in [-0.15, -0.1) is 0 Å². The lowest BCUT2D eigenvalue weighted by Crippen LogP contribution is -2.07. The number of carbonyl (C=O) groups is 1. The zero-order valence-corrected chi connectivity index (χ0v) is 12.4. The molecule has 20 heavy (non-hydrogen) atoms. The van der Waals surface area contributed by atoms with Crippen LogP contribution in [0.1, 0.15) is 16.7 Å². The van der Waals surface area contributed by atoms with E-state index in [0.717, 1.165) is 11.1 Å². The lowest BCUT2D eigenvalue weighted by Gasteiger charge is -2.06. The summed E-state index contributed by atoms with van der Waals surface area (Å²) in [4.78, 5) is 12.0. The number of rotatable bonds is 4. The molecule has 0 saturated heterocycles. The van der Waals surface area contributed by atoms with Gasteiger partial charge < -0.3 is 0 Å². The van der Waals surface area contributed by atoms with Crippen LogP contribution in [-0.4, -0.2) is 5.78 Å². The molecule has 2 aromatic carbocycles. The molecule has 104 valence electrons. The SMILES string of the molecule is Cc1ccc(CC(=O)Cc2ccc(F)cc2Cl)c(Cl)c1. The van der Waals surface area contributed by atoms with Crippen molar-refractivity contribution in [2.24, 2.45) is 0 Å². The Labute approximate surface area is 127 Å². The van der Waals surface area contributed by atoms with Gasteiger partial charge >= 0.3 is 0 Å². The highest BCUT2D eigenvalue weighted by atomic mass is 35.5. The molecule has 0 spiro atoms. The summed E-state index contributed by atoms with van der Waals surface area (Å²) >= 11 is 12.0. The molecular formula is C16H13Cl2FO. The van der Waals surface area contributed by atoms with Crippen molar-refractivity contribution >= 4 is 29.0 Å². The molecule has 4 heteroatoms. The number of ketones is 1. The van der Waals surface area contributed by atoms with Gasteiger partial charge in [0.05, 0.1) is 0 Å². The average Bonchev–Trinajstić information content (AvgIpc) is 2.36. The summed E-state index contributed by atoms with van der Waals surface area (Å²) in [5.74, 6) is -0.419. The largest absolute Gasteiger partial charge is 0.299 e. The molecule has 0 aliphatic carbocycles. The fourth-order valence-electron chi connectivity index (χ4n) is 1.95. The van der Waals surface area contributed by atoms with E-state index in [-0.39, 0.29) is 23.6 Å². The van der Waals surface area contributed by atoms with Crippen LogP contribution in [0.25, 0.3) is 0 Å². The Bertz CT molecular complexity index is 597. The van der Waals surface area contributed by atoms with Gasteiger partial charge in [-0.1, -0.05) is 41.4 Å². The summed E-state index contributed by atoms with van der Waals surface area (Å²) in [5, 5.41) is 0.858. The molecule has 0 atom stereocenters.